The molecule has 2 unspecified atom stereocenters. The Kier molecular flexibility index (Phi) is 12.7. The highest BCUT2D eigenvalue weighted by Gasteiger charge is 2.29. The first kappa shape index (κ1) is 39.1. The van der Waals surface area contributed by atoms with Gasteiger partial charge in [-0.25, -0.2) is 31.1 Å². The highest BCUT2D eigenvalue weighted by atomic mass is 32.2. The van der Waals surface area contributed by atoms with Crippen LogP contribution in [0.25, 0.3) is 12.2 Å². The number of benzene rings is 4. The summed E-state index contributed by atoms with van der Waals surface area (Å²) in [5.74, 6) is 0.288. The molecule has 0 spiro atoms. The van der Waals surface area contributed by atoms with Crippen LogP contribution >= 0.6 is 0 Å². The third-order valence-electron chi connectivity index (χ3n) is 9.05. The fourth-order valence-corrected chi connectivity index (χ4v) is 8.72. The molecule has 4 aromatic carbocycles. The molecular weight excluding hydrogens is 717 g/mol. The van der Waals surface area contributed by atoms with Gasteiger partial charge in [-0.3, -0.25) is 4.79 Å². The number of hydrogen-bond acceptors (Lipinski definition) is 8. The summed E-state index contributed by atoms with van der Waals surface area (Å²) in [6.45, 7) is 1.83. The molecule has 278 valence electrons. The molecule has 0 fully saturated rings. The Balaban J connectivity index is 0.000000204. The summed E-state index contributed by atoms with van der Waals surface area (Å²) in [5, 5.41) is 8.71. The molecule has 0 saturated carbocycles. The smallest absolute Gasteiger partial charge is 0.328 e. The van der Waals surface area contributed by atoms with Crippen LogP contribution in [0.5, 0.6) is 11.5 Å². The third kappa shape index (κ3) is 10.1. The molecule has 0 heterocycles. The molecule has 0 amide bonds. The molecule has 4 aromatic rings. The standard InChI is InChI=1S/C21H23NO4S.C19H19NO5S/c1-3-17(23)7-4-15-5-12-20-16(14-15)6-13-21(20)22-27(24,25)19-10-8-18(26-2)9-11-19;1-25-15-5-7-16(8-6-15)26(23,24)20-18-10-4-14-12-13(2-9-17(14)18)3-11-19(21)22/h4-5,7-12,14,21-22H,3,6,13H2,1-2H3;2-3,5-9,11-12,18,20H,4,10H2,1H3,(H,21,22)/b7-4+;11-3+. The summed E-state index contributed by atoms with van der Waals surface area (Å²) in [6, 6.07) is 23.5. The minimum absolute atomic E-state index is 0.0839. The summed E-state index contributed by atoms with van der Waals surface area (Å²) in [5.41, 5.74) is 5.79. The van der Waals surface area contributed by atoms with Crippen LogP contribution in [0, 0.1) is 0 Å². The molecule has 53 heavy (non-hydrogen) atoms. The summed E-state index contributed by atoms with van der Waals surface area (Å²) in [7, 11) is -4.19. The Bertz CT molecular complexity index is 2230. The number of ketones is 1. The van der Waals surface area contributed by atoms with Gasteiger partial charge in [0.25, 0.3) is 0 Å². The largest absolute Gasteiger partial charge is 0.497 e. The van der Waals surface area contributed by atoms with Gasteiger partial charge in [0.2, 0.25) is 20.0 Å². The van der Waals surface area contributed by atoms with E-state index in [9.17, 15) is 26.4 Å². The van der Waals surface area contributed by atoms with Gasteiger partial charge in [0.05, 0.1) is 24.0 Å². The van der Waals surface area contributed by atoms with Crippen LogP contribution in [-0.2, 0) is 42.5 Å². The van der Waals surface area contributed by atoms with E-state index in [1.165, 1.54) is 37.5 Å². The first-order valence-electron chi connectivity index (χ1n) is 17.0. The number of ether oxygens (including phenoxy) is 2. The molecule has 0 bridgehead atoms. The van der Waals surface area contributed by atoms with Crippen molar-refractivity contribution in [1.82, 2.24) is 9.44 Å². The number of nitrogens with one attached hydrogen (secondary N) is 2. The molecule has 0 saturated heterocycles. The van der Waals surface area contributed by atoms with Gasteiger partial charge in [-0.1, -0.05) is 49.4 Å². The maximum atomic E-state index is 12.7. The van der Waals surface area contributed by atoms with Crippen molar-refractivity contribution in [2.24, 2.45) is 0 Å². The number of fused-ring (bicyclic) bond motifs is 2. The number of allylic oxidation sites excluding steroid dienone is 1. The second kappa shape index (κ2) is 17.2. The number of carboxylic acids is 1. The van der Waals surface area contributed by atoms with Crippen LogP contribution in [0.15, 0.2) is 107 Å². The van der Waals surface area contributed by atoms with E-state index < -0.39 is 26.0 Å². The Hall–Kier alpha value is -5.08. The predicted octanol–water partition coefficient (Wildman–Crippen LogP) is 6.41. The van der Waals surface area contributed by atoms with E-state index in [2.05, 4.69) is 9.44 Å². The van der Waals surface area contributed by atoms with Gasteiger partial charge in [0, 0.05) is 24.6 Å². The van der Waals surface area contributed by atoms with E-state index in [4.69, 9.17) is 14.6 Å². The molecule has 0 radical (unpaired) electrons. The average molecular weight is 759 g/mol. The Labute approximate surface area is 310 Å². The predicted molar refractivity (Wildman–Crippen MR) is 203 cm³/mol. The molecule has 13 heteroatoms. The number of hydrogen-bond donors (Lipinski definition) is 3. The Morgan fingerprint density at radius 2 is 1.09 bits per heavy atom. The second-order valence-electron chi connectivity index (χ2n) is 12.5. The molecule has 0 aliphatic heterocycles. The molecular formula is C40H42N2O9S2. The minimum Gasteiger partial charge on any atom is -0.497 e. The van der Waals surface area contributed by atoms with Gasteiger partial charge >= 0.3 is 5.97 Å². The number of sulfonamides is 2. The van der Waals surface area contributed by atoms with Crippen LogP contribution in [0.2, 0.25) is 0 Å². The van der Waals surface area contributed by atoms with Gasteiger partial charge < -0.3 is 14.6 Å². The number of rotatable bonds is 13. The number of carbonyl (C=O) groups excluding carboxylic acids is 1. The van der Waals surface area contributed by atoms with E-state index in [0.717, 1.165) is 52.3 Å². The molecule has 6 rings (SSSR count). The van der Waals surface area contributed by atoms with Crippen molar-refractivity contribution in [1.29, 1.82) is 0 Å². The van der Waals surface area contributed by atoms with Gasteiger partial charge in [-0.2, -0.15) is 0 Å². The topological polar surface area (TPSA) is 165 Å². The normalized spacial score (nSPS) is 16.5. The van der Waals surface area contributed by atoms with E-state index >= 15 is 0 Å². The average Bonchev–Trinajstić information content (AvgIpc) is 3.75. The highest BCUT2D eigenvalue weighted by Crippen LogP contribution is 2.35. The van der Waals surface area contributed by atoms with Crippen molar-refractivity contribution in [3.05, 3.63) is 130 Å². The number of aliphatic carboxylic acids is 1. The first-order chi connectivity index (χ1) is 25.3. The van der Waals surface area contributed by atoms with Crippen molar-refractivity contribution in [2.75, 3.05) is 14.2 Å². The van der Waals surface area contributed by atoms with Crippen LogP contribution in [-0.4, -0.2) is 47.9 Å². The van der Waals surface area contributed by atoms with Crippen molar-refractivity contribution in [3.63, 3.8) is 0 Å². The quantitative estimate of drug-likeness (QED) is 0.131. The number of carbonyl (C=O) groups is 2. The Morgan fingerprint density at radius 1 is 0.679 bits per heavy atom. The van der Waals surface area contributed by atoms with E-state index in [0.29, 0.717) is 30.8 Å². The molecule has 2 aliphatic rings. The third-order valence-corrected chi connectivity index (χ3v) is 12.0. The van der Waals surface area contributed by atoms with Crippen molar-refractivity contribution >= 4 is 44.0 Å². The zero-order valence-corrected chi connectivity index (χ0v) is 31.2. The lowest BCUT2D eigenvalue weighted by Gasteiger charge is -2.15. The number of carboxylic acid groups (broad SMARTS) is 1. The SMILES string of the molecule is CCC(=O)/C=C/c1ccc2c(c1)CCC2NS(=O)(=O)c1ccc(OC)cc1.COc1ccc(S(=O)(=O)NC2CCc3cc(/C=C/C(=O)O)ccc32)cc1. The van der Waals surface area contributed by atoms with Crippen molar-refractivity contribution in [3.8, 4) is 11.5 Å². The molecule has 2 atom stereocenters. The maximum Gasteiger partial charge on any atom is 0.328 e. The zero-order valence-electron chi connectivity index (χ0n) is 29.6. The minimum atomic E-state index is -3.64. The summed E-state index contributed by atoms with van der Waals surface area (Å²) >= 11 is 0. The van der Waals surface area contributed by atoms with Crippen molar-refractivity contribution in [2.45, 2.75) is 60.9 Å². The van der Waals surface area contributed by atoms with Crippen LogP contribution in [0.3, 0.4) is 0 Å². The fraction of sp³-hybridized carbons (Fsp3) is 0.250. The summed E-state index contributed by atoms with van der Waals surface area (Å²) in [4.78, 5) is 22.5. The lowest BCUT2D eigenvalue weighted by atomic mass is 10.0. The lowest BCUT2D eigenvalue weighted by Crippen LogP contribution is -2.27. The van der Waals surface area contributed by atoms with Gasteiger partial charge in [0.15, 0.2) is 5.78 Å². The summed E-state index contributed by atoms with van der Waals surface area (Å²) in [6.07, 6.45) is 9.40. The molecule has 3 N–H and O–H groups in total. The van der Waals surface area contributed by atoms with Gasteiger partial charge in [-0.05, 0) is 120 Å². The number of aryl methyl sites for hydroxylation is 2. The second-order valence-corrected chi connectivity index (χ2v) is 15.9. The molecule has 2 aliphatic carbocycles. The van der Waals surface area contributed by atoms with Crippen LogP contribution in [0.1, 0.15) is 71.7 Å². The zero-order chi connectivity index (χ0) is 38.2. The maximum absolute atomic E-state index is 12.7. The van der Waals surface area contributed by atoms with Gasteiger partial charge in [0.1, 0.15) is 11.5 Å². The van der Waals surface area contributed by atoms with E-state index in [1.807, 2.05) is 37.3 Å². The van der Waals surface area contributed by atoms with Crippen LogP contribution < -0.4 is 18.9 Å². The lowest BCUT2D eigenvalue weighted by molar-refractivity contribution is -0.131. The fourth-order valence-electron chi connectivity index (χ4n) is 6.22. The first-order valence-corrected chi connectivity index (χ1v) is 20.0. The Morgan fingerprint density at radius 3 is 1.47 bits per heavy atom. The highest BCUT2D eigenvalue weighted by molar-refractivity contribution is 7.89. The molecule has 11 nitrogen and oxygen atoms in total. The van der Waals surface area contributed by atoms with Crippen molar-refractivity contribution < 1.29 is 41.0 Å². The number of methoxy groups -OCH3 is 2. The van der Waals surface area contributed by atoms with Gasteiger partial charge in [-0.15, -0.1) is 0 Å². The van der Waals surface area contributed by atoms with E-state index in [1.54, 1.807) is 49.6 Å². The summed E-state index contributed by atoms with van der Waals surface area (Å²) < 4.78 is 66.3. The van der Waals surface area contributed by atoms with Crippen LogP contribution in [0.4, 0.5) is 0 Å². The monoisotopic (exact) mass is 758 g/mol. The van der Waals surface area contributed by atoms with E-state index in [-0.39, 0.29) is 27.7 Å². The molecule has 0 aromatic heterocycles.